The van der Waals surface area contributed by atoms with Crippen molar-refractivity contribution in [1.29, 1.82) is 0 Å². The van der Waals surface area contributed by atoms with Crippen molar-refractivity contribution in [2.45, 2.75) is 64.0 Å². The molecule has 0 radical (unpaired) electrons. The molecule has 2 nitrogen and oxygen atoms in total. The summed E-state index contributed by atoms with van der Waals surface area (Å²) in [4.78, 5) is 4.11. The molecule has 1 N–H and O–H groups in total. The Balaban J connectivity index is 0.00000169. The fourth-order valence-corrected chi connectivity index (χ4v) is 4.08. The molecular formula is C21H29Cl3N2. The highest BCUT2D eigenvalue weighted by molar-refractivity contribution is 6.31. The molecule has 2 aromatic rings. The predicted octanol–water partition coefficient (Wildman–Crippen LogP) is 6.27. The summed E-state index contributed by atoms with van der Waals surface area (Å²) >= 11 is 6.43. The summed E-state index contributed by atoms with van der Waals surface area (Å²) in [6.07, 6.45) is 9.92. The third-order valence-electron chi connectivity index (χ3n) is 5.54. The van der Waals surface area contributed by atoms with Crippen LogP contribution in [0.3, 0.4) is 0 Å². The number of benzene rings is 1. The molecular weight excluding hydrogens is 387 g/mol. The number of hydrogen-bond donors (Lipinski definition) is 1. The molecule has 1 unspecified atom stereocenters. The molecule has 1 aromatic heterocycles. The van der Waals surface area contributed by atoms with Crippen molar-refractivity contribution in [2.24, 2.45) is 0 Å². The fraction of sp³-hybridized carbons (Fsp3) is 0.476. The Labute approximate surface area is 175 Å². The van der Waals surface area contributed by atoms with Crippen LogP contribution in [-0.2, 0) is 12.0 Å². The highest BCUT2D eigenvalue weighted by atomic mass is 35.5. The van der Waals surface area contributed by atoms with Crippen LogP contribution in [0.5, 0.6) is 0 Å². The van der Waals surface area contributed by atoms with Gasteiger partial charge < -0.3 is 5.32 Å². The van der Waals surface area contributed by atoms with E-state index in [-0.39, 0.29) is 30.2 Å². The van der Waals surface area contributed by atoms with E-state index in [1.165, 1.54) is 43.2 Å². The molecule has 0 bridgehead atoms. The summed E-state index contributed by atoms with van der Waals surface area (Å²) in [7, 11) is 0. The molecule has 1 aliphatic rings. The highest BCUT2D eigenvalue weighted by Crippen LogP contribution is 2.48. The number of nitrogens with zero attached hydrogens (tertiary/aromatic N) is 1. The zero-order valence-electron chi connectivity index (χ0n) is 15.5. The maximum Gasteiger partial charge on any atom is 0.0438 e. The van der Waals surface area contributed by atoms with Gasteiger partial charge in [-0.1, -0.05) is 43.5 Å². The highest BCUT2D eigenvalue weighted by Gasteiger charge is 2.44. The van der Waals surface area contributed by atoms with E-state index < -0.39 is 0 Å². The van der Waals surface area contributed by atoms with Gasteiger partial charge in [-0.3, -0.25) is 4.98 Å². The van der Waals surface area contributed by atoms with E-state index in [0.717, 1.165) is 17.1 Å². The van der Waals surface area contributed by atoms with Crippen LogP contribution < -0.4 is 5.32 Å². The average molecular weight is 416 g/mol. The van der Waals surface area contributed by atoms with Crippen molar-refractivity contribution < 1.29 is 0 Å². The number of rotatable bonds is 7. The molecule has 0 amide bonds. The van der Waals surface area contributed by atoms with Gasteiger partial charge in [-0.15, -0.1) is 24.8 Å². The van der Waals surface area contributed by atoms with Crippen LogP contribution in [0.15, 0.2) is 42.7 Å². The second-order valence-electron chi connectivity index (χ2n) is 7.05. The number of pyridine rings is 1. The maximum absolute atomic E-state index is 6.43. The largest absolute Gasteiger partial charge is 0.309 e. The molecule has 3 rings (SSSR count). The molecule has 0 spiro atoms. The van der Waals surface area contributed by atoms with Gasteiger partial charge in [-0.2, -0.15) is 0 Å². The SMILES string of the molecule is CCCC(NCc1ccncc1)C1(c2ccc(C)c(Cl)c2)CCC1.Cl.Cl. The smallest absolute Gasteiger partial charge is 0.0438 e. The molecule has 26 heavy (non-hydrogen) atoms. The fourth-order valence-electron chi connectivity index (χ4n) is 3.90. The normalized spacial score (nSPS) is 16.0. The molecule has 1 fully saturated rings. The summed E-state index contributed by atoms with van der Waals surface area (Å²) in [6, 6.07) is 11.3. The van der Waals surface area contributed by atoms with Crippen LogP contribution in [0, 0.1) is 6.92 Å². The number of aromatic nitrogens is 1. The van der Waals surface area contributed by atoms with Gasteiger partial charge in [-0.05, 0) is 61.1 Å². The zero-order chi connectivity index (χ0) is 17.0. The number of halogens is 3. The Hall–Kier alpha value is -0.800. The minimum absolute atomic E-state index is 0. The molecule has 5 heteroatoms. The second kappa shape index (κ2) is 10.5. The Bertz CT molecular complexity index is 672. The molecule has 1 saturated carbocycles. The van der Waals surface area contributed by atoms with Crippen LogP contribution in [0.1, 0.15) is 55.7 Å². The molecule has 144 valence electrons. The molecule has 1 heterocycles. The molecule has 1 atom stereocenters. The van der Waals surface area contributed by atoms with E-state index in [4.69, 9.17) is 11.6 Å². The van der Waals surface area contributed by atoms with Gasteiger partial charge in [0.25, 0.3) is 0 Å². The van der Waals surface area contributed by atoms with Crippen LogP contribution in [0.2, 0.25) is 5.02 Å². The van der Waals surface area contributed by atoms with Gasteiger partial charge in [0.2, 0.25) is 0 Å². The van der Waals surface area contributed by atoms with Crippen molar-refractivity contribution in [1.82, 2.24) is 10.3 Å². The maximum atomic E-state index is 6.43. The van der Waals surface area contributed by atoms with Crippen molar-refractivity contribution in [3.63, 3.8) is 0 Å². The number of aryl methyl sites for hydroxylation is 1. The lowest BCUT2D eigenvalue weighted by Gasteiger charge is -2.49. The molecule has 0 saturated heterocycles. The molecule has 0 aliphatic heterocycles. The summed E-state index contributed by atoms with van der Waals surface area (Å²) < 4.78 is 0. The van der Waals surface area contributed by atoms with Crippen molar-refractivity contribution >= 4 is 36.4 Å². The minimum atomic E-state index is 0. The van der Waals surface area contributed by atoms with Gasteiger partial charge in [-0.25, -0.2) is 0 Å². The van der Waals surface area contributed by atoms with Gasteiger partial charge in [0.15, 0.2) is 0 Å². The monoisotopic (exact) mass is 414 g/mol. The average Bonchev–Trinajstić information content (AvgIpc) is 2.56. The number of hydrogen-bond acceptors (Lipinski definition) is 2. The Morgan fingerprint density at radius 1 is 1.15 bits per heavy atom. The van der Waals surface area contributed by atoms with Crippen LogP contribution in [0.25, 0.3) is 0 Å². The lowest BCUT2D eigenvalue weighted by atomic mass is 9.59. The van der Waals surface area contributed by atoms with E-state index in [1.54, 1.807) is 0 Å². The standard InChI is InChI=1S/C21H27ClN2.2ClH/c1-3-5-20(24-15-17-8-12-23-13-9-17)21(10-4-11-21)18-7-6-16(2)19(22)14-18;;/h6-9,12-14,20,24H,3-5,10-11,15H2,1-2H3;2*1H. The summed E-state index contributed by atoms with van der Waals surface area (Å²) in [5.74, 6) is 0. The lowest BCUT2D eigenvalue weighted by molar-refractivity contribution is 0.159. The Kier molecular flexibility index (Phi) is 9.40. The predicted molar refractivity (Wildman–Crippen MR) is 116 cm³/mol. The third kappa shape index (κ3) is 4.92. The van der Waals surface area contributed by atoms with Gasteiger partial charge >= 0.3 is 0 Å². The topological polar surface area (TPSA) is 24.9 Å². The van der Waals surface area contributed by atoms with Crippen LogP contribution in [0.4, 0.5) is 0 Å². The lowest BCUT2D eigenvalue weighted by Crippen LogP contribution is -2.52. The first-order valence-corrected chi connectivity index (χ1v) is 9.42. The summed E-state index contributed by atoms with van der Waals surface area (Å²) in [5.41, 5.74) is 4.10. The van der Waals surface area contributed by atoms with Crippen LogP contribution >= 0.6 is 36.4 Å². The van der Waals surface area contributed by atoms with Gasteiger partial charge in [0, 0.05) is 35.4 Å². The minimum Gasteiger partial charge on any atom is -0.309 e. The first-order valence-electron chi connectivity index (χ1n) is 9.04. The van der Waals surface area contributed by atoms with E-state index in [1.807, 2.05) is 12.4 Å². The van der Waals surface area contributed by atoms with Crippen molar-refractivity contribution in [3.8, 4) is 0 Å². The van der Waals surface area contributed by atoms with Gasteiger partial charge in [0.1, 0.15) is 0 Å². The third-order valence-corrected chi connectivity index (χ3v) is 5.95. The summed E-state index contributed by atoms with van der Waals surface area (Å²) in [6.45, 7) is 5.24. The van der Waals surface area contributed by atoms with Crippen LogP contribution in [-0.4, -0.2) is 11.0 Å². The second-order valence-corrected chi connectivity index (χ2v) is 7.46. The summed E-state index contributed by atoms with van der Waals surface area (Å²) in [5, 5.41) is 4.73. The van der Waals surface area contributed by atoms with E-state index in [9.17, 15) is 0 Å². The molecule has 1 aliphatic carbocycles. The van der Waals surface area contributed by atoms with E-state index in [0.29, 0.717) is 6.04 Å². The molecule has 1 aromatic carbocycles. The quantitative estimate of drug-likeness (QED) is 0.576. The first kappa shape index (κ1) is 23.2. The number of nitrogens with one attached hydrogen (secondary N) is 1. The van der Waals surface area contributed by atoms with Gasteiger partial charge in [0.05, 0.1) is 0 Å². The first-order chi connectivity index (χ1) is 11.7. The van der Waals surface area contributed by atoms with Crippen molar-refractivity contribution in [3.05, 3.63) is 64.4 Å². The van der Waals surface area contributed by atoms with E-state index >= 15 is 0 Å². The van der Waals surface area contributed by atoms with E-state index in [2.05, 4.69) is 54.5 Å². The Morgan fingerprint density at radius 2 is 1.85 bits per heavy atom. The zero-order valence-corrected chi connectivity index (χ0v) is 17.9. The van der Waals surface area contributed by atoms with Crippen molar-refractivity contribution in [2.75, 3.05) is 0 Å². The Morgan fingerprint density at radius 3 is 2.38 bits per heavy atom.